The van der Waals surface area contributed by atoms with Crippen molar-refractivity contribution in [1.29, 1.82) is 0 Å². The number of hydrogen-bond acceptors (Lipinski definition) is 3. The SMILES string of the molecule is CCC(C)(CCO)NC(=O)C1C2CCC(C2)C1N. The quantitative estimate of drug-likeness (QED) is 0.686. The smallest absolute Gasteiger partial charge is 0.225 e. The summed E-state index contributed by atoms with van der Waals surface area (Å²) in [6.07, 6.45) is 4.90. The average Bonchev–Trinajstić information content (AvgIpc) is 2.89. The summed E-state index contributed by atoms with van der Waals surface area (Å²) in [5.74, 6) is 1.14. The average molecular weight is 254 g/mol. The number of carbonyl (C=O) groups excluding carboxylic acids is 1. The highest BCUT2D eigenvalue weighted by Gasteiger charge is 2.49. The number of aliphatic hydroxyl groups excluding tert-OH is 1. The molecule has 4 N–H and O–H groups in total. The Hall–Kier alpha value is -0.610. The molecule has 0 spiro atoms. The summed E-state index contributed by atoms with van der Waals surface area (Å²) >= 11 is 0. The minimum Gasteiger partial charge on any atom is -0.396 e. The van der Waals surface area contributed by atoms with Crippen LogP contribution in [0.3, 0.4) is 0 Å². The fraction of sp³-hybridized carbons (Fsp3) is 0.929. The van der Waals surface area contributed by atoms with E-state index in [1.807, 2.05) is 13.8 Å². The second-order valence-electron chi connectivity index (χ2n) is 6.31. The van der Waals surface area contributed by atoms with Crippen LogP contribution in [-0.4, -0.2) is 29.2 Å². The first kappa shape index (κ1) is 13.8. The van der Waals surface area contributed by atoms with E-state index in [2.05, 4.69) is 5.32 Å². The largest absolute Gasteiger partial charge is 0.396 e. The predicted octanol–water partition coefficient (Wildman–Crippen LogP) is 1.03. The van der Waals surface area contributed by atoms with Gasteiger partial charge in [-0.1, -0.05) is 6.92 Å². The zero-order valence-electron chi connectivity index (χ0n) is 11.5. The van der Waals surface area contributed by atoms with Crippen LogP contribution in [0.5, 0.6) is 0 Å². The molecule has 2 aliphatic carbocycles. The van der Waals surface area contributed by atoms with Gasteiger partial charge in [0.1, 0.15) is 0 Å². The van der Waals surface area contributed by atoms with E-state index in [4.69, 9.17) is 10.8 Å². The third-order valence-electron chi connectivity index (χ3n) is 5.15. The molecule has 0 saturated heterocycles. The third-order valence-corrected chi connectivity index (χ3v) is 5.15. The molecule has 0 aromatic heterocycles. The van der Waals surface area contributed by atoms with Crippen LogP contribution in [0.25, 0.3) is 0 Å². The van der Waals surface area contributed by atoms with Gasteiger partial charge in [-0.05, 0) is 50.9 Å². The number of hydrogen-bond donors (Lipinski definition) is 3. The number of amides is 1. The standard InChI is InChI=1S/C14H26N2O2/c1-3-14(2,6-7-17)16-13(18)11-9-4-5-10(8-9)12(11)15/h9-12,17H,3-8,15H2,1-2H3,(H,16,18). The Bertz CT molecular complexity index is 319. The van der Waals surface area contributed by atoms with Crippen molar-refractivity contribution in [3.8, 4) is 0 Å². The van der Waals surface area contributed by atoms with Crippen molar-refractivity contribution >= 4 is 5.91 Å². The van der Waals surface area contributed by atoms with E-state index >= 15 is 0 Å². The number of carbonyl (C=O) groups is 1. The topological polar surface area (TPSA) is 75.3 Å². The van der Waals surface area contributed by atoms with Crippen molar-refractivity contribution in [2.24, 2.45) is 23.5 Å². The monoisotopic (exact) mass is 254 g/mol. The van der Waals surface area contributed by atoms with Crippen LogP contribution in [-0.2, 0) is 4.79 Å². The molecule has 2 bridgehead atoms. The number of rotatable bonds is 5. The van der Waals surface area contributed by atoms with Crippen molar-refractivity contribution in [2.45, 2.75) is 57.5 Å². The van der Waals surface area contributed by atoms with Gasteiger partial charge in [0.15, 0.2) is 0 Å². The lowest BCUT2D eigenvalue weighted by Gasteiger charge is -2.34. The minimum atomic E-state index is -0.298. The molecule has 0 aromatic rings. The van der Waals surface area contributed by atoms with Gasteiger partial charge in [-0.15, -0.1) is 0 Å². The van der Waals surface area contributed by atoms with Crippen LogP contribution in [0.15, 0.2) is 0 Å². The van der Waals surface area contributed by atoms with E-state index in [1.54, 1.807) is 0 Å². The fourth-order valence-corrected chi connectivity index (χ4v) is 3.68. The molecule has 0 heterocycles. The maximum atomic E-state index is 12.4. The molecule has 4 nitrogen and oxygen atoms in total. The van der Waals surface area contributed by atoms with Gasteiger partial charge in [0, 0.05) is 18.2 Å². The molecular formula is C14H26N2O2. The molecule has 2 aliphatic rings. The Morgan fingerprint density at radius 2 is 2.11 bits per heavy atom. The fourth-order valence-electron chi connectivity index (χ4n) is 3.68. The Morgan fingerprint density at radius 3 is 2.61 bits per heavy atom. The van der Waals surface area contributed by atoms with Gasteiger partial charge in [-0.25, -0.2) is 0 Å². The second-order valence-corrected chi connectivity index (χ2v) is 6.31. The first-order valence-electron chi connectivity index (χ1n) is 7.19. The lowest BCUT2D eigenvalue weighted by atomic mass is 9.83. The van der Waals surface area contributed by atoms with Crippen LogP contribution >= 0.6 is 0 Å². The molecule has 104 valence electrons. The lowest BCUT2D eigenvalue weighted by Crippen LogP contribution is -2.53. The van der Waals surface area contributed by atoms with Crippen LogP contribution in [0.1, 0.15) is 46.0 Å². The zero-order valence-corrected chi connectivity index (χ0v) is 11.5. The van der Waals surface area contributed by atoms with Crippen molar-refractivity contribution in [3.63, 3.8) is 0 Å². The van der Waals surface area contributed by atoms with Gasteiger partial charge in [0.25, 0.3) is 0 Å². The lowest BCUT2D eigenvalue weighted by molar-refractivity contribution is -0.129. The molecule has 0 aromatic carbocycles. The van der Waals surface area contributed by atoms with Gasteiger partial charge in [0.05, 0.1) is 5.92 Å². The van der Waals surface area contributed by atoms with E-state index in [0.29, 0.717) is 18.3 Å². The summed E-state index contributed by atoms with van der Waals surface area (Å²) < 4.78 is 0. The maximum absolute atomic E-state index is 12.4. The highest BCUT2D eigenvalue weighted by Crippen LogP contribution is 2.47. The van der Waals surface area contributed by atoms with E-state index in [0.717, 1.165) is 19.3 Å². The molecule has 0 radical (unpaired) electrons. The van der Waals surface area contributed by atoms with Crippen molar-refractivity contribution < 1.29 is 9.90 Å². The van der Waals surface area contributed by atoms with Gasteiger partial charge < -0.3 is 16.2 Å². The third kappa shape index (κ3) is 2.41. The molecule has 2 fully saturated rings. The van der Waals surface area contributed by atoms with E-state index in [-0.39, 0.29) is 30.0 Å². The van der Waals surface area contributed by atoms with Crippen molar-refractivity contribution in [1.82, 2.24) is 5.32 Å². The summed E-state index contributed by atoms with van der Waals surface area (Å²) in [5.41, 5.74) is 5.89. The summed E-state index contributed by atoms with van der Waals surface area (Å²) in [6, 6.07) is 0.0407. The van der Waals surface area contributed by atoms with Crippen molar-refractivity contribution in [3.05, 3.63) is 0 Å². The van der Waals surface area contributed by atoms with Crippen LogP contribution in [0.4, 0.5) is 0 Å². The molecular weight excluding hydrogens is 228 g/mol. The summed E-state index contributed by atoms with van der Waals surface area (Å²) in [7, 11) is 0. The van der Waals surface area contributed by atoms with Gasteiger partial charge in [0.2, 0.25) is 5.91 Å². The van der Waals surface area contributed by atoms with E-state index in [9.17, 15) is 4.79 Å². The predicted molar refractivity (Wildman–Crippen MR) is 70.8 cm³/mol. The van der Waals surface area contributed by atoms with Crippen LogP contribution in [0, 0.1) is 17.8 Å². The highest BCUT2D eigenvalue weighted by atomic mass is 16.3. The molecule has 0 aliphatic heterocycles. The van der Waals surface area contributed by atoms with Gasteiger partial charge >= 0.3 is 0 Å². The number of nitrogens with two attached hydrogens (primary N) is 1. The first-order valence-corrected chi connectivity index (χ1v) is 7.19. The normalized spacial score (nSPS) is 37.6. The number of nitrogens with one attached hydrogen (secondary N) is 1. The first-order chi connectivity index (χ1) is 8.50. The molecule has 2 rings (SSSR count). The highest BCUT2D eigenvalue weighted by molar-refractivity contribution is 5.81. The Kier molecular flexibility index (Phi) is 3.97. The second kappa shape index (κ2) is 5.17. The maximum Gasteiger partial charge on any atom is 0.225 e. The number of fused-ring (bicyclic) bond motifs is 2. The van der Waals surface area contributed by atoms with E-state index < -0.39 is 0 Å². The van der Waals surface area contributed by atoms with Gasteiger partial charge in [-0.3, -0.25) is 4.79 Å². The Balaban J connectivity index is 1.99. The minimum absolute atomic E-state index is 0.00619. The summed E-state index contributed by atoms with van der Waals surface area (Å²) in [5, 5.41) is 12.2. The molecule has 4 heteroatoms. The van der Waals surface area contributed by atoms with Gasteiger partial charge in [-0.2, -0.15) is 0 Å². The molecule has 18 heavy (non-hydrogen) atoms. The summed E-state index contributed by atoms with van der Waals surface area (Å²) in [4.78, 5) is 12.4. The summed E-state index contributed by atoms with van der Waals surface area (Å²) in [6.45, 7) is 4.14. The molecule has 5 unspecified atom stereocenters. The molecule has 5 atom stereocenters. The van der Waals surface area contributed by atoms with Crippen LogP contribution < -0.4 is 11.1 Å². The molecule has 2 saturated carbocycles. The zero-order chi connectivity index (χ0) is 13.3. The Labute approximate surface area is 109 Å². The van der Waals surface area contributed by atoms with Crippen molar-refractivity contribution in [2.75, 3.05) is 6.61 Å². The van der Waals surface area contributed by atoms with E-state index in [1.165, 1.54) is 6.42 Å². The molecule has 1 amide bonds. The number of aliphatic hydroxyl groups is 1. The Morgan fingerprint density at radius 1 is 1.44 bits per heavy atom. The van der Waals surface area contributed by atoms with Crippen LogP contribution in [0.2, 0.25) is 0 Å².